The summed E-state index contributed by atoms with van der Waals surface area (Å²) < 4.78 is 32.5. The van der Waals surface area contributed by atoms with Gasteiger partial charge in [-0.3, -0.25) is 0 Å². The highest BCUT2D eigenvalue weighted by Gasteiger charge is 2.14. The molecule has 0 atom stereocenters. The number of nitrogens with one attached hydrogen (secondary N) is 2. The van der Waals surface area contributed by atoms with Gasteiger partial charge >= 0.3 is 0 Å². The van der Waals surface area contributed by atoms with Crippen LogP contribution in [-0.2, 0) is 6.42 Å². The number of nitrogens with zero attached hydrogens (tertiary/aromatic N) is 2. The van der Waals surface area contributed by atoms with E-state index in [4.69, 9.17) is 28.6 Å². The Kier molecular flexibility index (Phi) is 6.00. The van der Waals surface area contributed by atoms with Crippen molar-refractivity contribution < 1.29 is 13.5 Å². The lowest BCUT2D eigenvalue weighted by molar-refractivity contribution is 0.380. The quantitative estimate of drug-likeness (QED) is 0.801. The van der Waals surface area contributed by atoms with Crippen LogP contribution in [0.1, 0.15) is 5.56 Å². The van der Waals surface area contributed by atoms with E-state index in [1.54, 1.807) is 6.07 Å². The van der Waals surface area contributed by atoms with Gasteiger partial charge in [0.15, 0.2) is 22.5 Å². The number of thiocarbonyl (C=S) groups is 1. The Balaban J connectivity index is 1.93. The van der Waals surface area contributed by atoms with Crippen molar-refractivity contribution in [2.24, 2.45) is 0 Å². The Labute approximate surface area is 142 Å². The fourth-order valence-electron chi connectivity index (χ4n) is 1.82. The molecule has 2 aromatic rings. The number of hydrogen-bond acceptors (Lipinski definition) is 4. The predicted octanol–water partition coefficient (Wildman–Crippen LogP) is 2.95. The lowest BCUT2D eigenvalue weighted by atomic mass is 10.1. The van der Waals surface area contributed by atoms with Gasteiger partial charge in [-0.05, 0) is 36.8 Å². The molecule has 0 fully saturated rings. The van der Waals surface area contributed by atoms with E-state index in [-0.39, 0.29) is 29.4 Å². The van der Waals surface area contributed by atoms with Crippen molar-refractivity contribution in [1.82, 2.24) is 15.5 Å². The number of rotatable bonds is 5. The molecule has 0 spiro atoms. The Hall–Kier alpha value is -2.06. The molecule has 23 heavy (non-hydrogen) atoms. The molecule has 1 aromatic carbocycles. The Morgan fingerprint density at radius 1 is 1.35 bits per heavy atom. The van der Waals surface area contributed by atoms with Gasteiger partial charge in [0, 0.05) is 12.1 Å². The van der Waals surface area contributed by atoms with Crippen molar-refractivity contribution in [3.8, 4) is 5.75 Å². The second-order valence-corrected chi connectivity index (χ2v) is 5.22. The first-order valence-electron chi connectivity index (χ1n) is 6.56. The van der Waals surface area contributed by atoms with E-state index in [1.807, 2.05) is 0 Å². The van der Waals surface area contributed by atoms with Gasteiger partial charge in [-0.2, -0.15) is 5.10 Å². The summed E-state index contributed by atoms with van der Waals surface area (Å²) in [5, 5.41) is 13.6. The molecule has 0 amide bonds. The zero-order valence-corrected chi connectivity index (χ0v) is 13.6. The van der Waals surface area contributed by atoms with Crippen molar-refractivity contribution in [3.05, 3.63) is 46.6 Å². The highest BCUT2D eigenvalue weighted by molar-refractivity contribution is 7.80. The summed E-state index contributed by atoms with van der Waals surface area (Å²) in [5.41, 5.74) is -0.0721. The van der Waals surface area contributed by atoms with Crippen LogP contribution in [-0.4, -0.2) is 29.0 Å². The van der Waals surface area contributed by atoms with E-state index in [0.29, 0.717) is 10.8 Å². The number of benzene rings is 1. The SMILES string of the molecule is COc1ccc(F)c(CCNC(=S)Nc2nnccc2Cl)c1F. The fraction of sp³-hybridized carbons (Fsp3) is 0.214. The van der Waals surface area contributed by atoms with Gasteiger partial charge in [-0.1, -0.05) is 11.6 Å². The van der Waals surface area contributed by atoms with Gasteiger partial charge in [-0.15, -0.1) is 5.10 Å². The Morgan fingerprint density at radius 3 is 2.83 bits per heavy atom. The molecule has 5 nitrogen and oxygen atoms in total. The van der Waals surface area contributed by atoms with Gasteiger partial charge in [-0.25, -0.2) is 8.78 Å². The summed E-state index contributed by atoms with van der Waals surface area (Å²) in [6.45, 7) is 0.213. The average molecular weight is 359 g/mol. The van der Waals surface area contributed by atoms with Gasteiger partial charge < -0.3 is 15.4 Å². The first kappa shape index (κ1) is 17.3. The van der Waals surface area contributed by atoms with Gasteiger partial charge in [0.05, 0.1) is 18.3 Å². The third-order valence-corrected chi connectivity index (χ3v) is 3.49. The predicted molar refractivity (Wildman–Crippen MR) is 87.9 cm³/mol. The maximum absolute atomic E-state index is 14.0. The number of anilines is 1. The number of methoxy groups -OCH3 is 1. The molecule has 2 rings (SSSR count). The summed E-state index contributed by atoms with van der Waals surface area (Å²) in [4.78, 5) is 0. The Morgan fingerprint density at radius 2 is 2.13 bits per heavy atom. The molecular weight excluding hydrogens is 346 g/mol. The third kappa shape index (κ3) is 4.46. The average Bonchev–Trinajstić information content (AvgIpc) is 2.53. The maximum atomic E-state index is 14.0. The molecule has 0 saturated carbocycles. The van der Waals surface area contributed by atoms with Crippen LogP contribution in [0.15, 0.2) is 24.4 Å². The normalized spacial score (nSPS) is 10.3. The van der Waals surface area contributed by atoms with Crippen LogP contribution < -0.4 is 15.4 Å². The standard InChI is InChI=1S/C14H13ClF2N4OS/c1-22-11-3-2-10(16)8(12(11)17)4-6-18-14(23)20-13-9(15)5-7-19-21-13/h2-3,5,7H,4,6H2,1H3,(H2,18,20,21,23). The van der Waals surface area contributed by atoms with Gasteiger partial charge in [0.2, 0.25) is 0 Å². The number of aromatic nitrogens is 2. The molecule has 0 saturated heterocycles. The molecule has 0 aliphatic heterocycles. The largest absolute Gasteiger partial charge is 0.494 e. The van der Waals surface area contributed by atoms with Crippen molar-refractivity contribution in [2.75, 3.05) is 19.0 Å². The molecule has 0 aliphatic rings. The second-order valence-electron chi connectivity index (χ2n) is 4.40. The van der Waals surface area contributed by atoms with E-state index in [1.165, 1.54) is 19.4 Å². The highest BCUT2D eigenvalue weighted by atomic mass is 35.5. The molecule has 1 aromatic heterocycles. The summed E-state index contributed by atoms with van der Waals surface area (Å²) in [6.07, 6.45) is 1.53. The monoisotopic (exact) mass is 358 g/mol. The van der Waals surface area contributed by atoms with Crippen LogP contribution >= 0.6 is 23.8 Å². The highest BCUT2D eigenvalue weighted by Crippen LogP contribution is 2.23. The lowest BCUT2D eigenvalue weighted by Gasteiger charge is -2.12. The van der Waals surface area contributed by atoms with Crippen LogP contribution in [0.2, 0.25) is 5.02 Å². The molecule has 0 unspecified atom stereocenters. The number of halogens is 3. The lowest BCUT2D eigenvalue weighted by Crippen LogP contribution is -2.31. The van der Waals surface area contributed by atoms with Gasteiger partial charge in [0.25, 0.3) is 0 Å². The summed E-state index contributed by atoms with van der Waals surface area (Å²) in [6, 6.07) is 3.96. The minimum absolute atomic E-state index is 0.00607. The first-order chi connectivity index (χ1) is 11.0. The zero-order valence-electron chi connectivity index (χ0n) is 12.1. The summed E-state index contributed by atoms with van der Waals surface area (Å²) >= 11 is 11.0. The number of hydrogen-bond donors (Lipinski definition) is 2. The van der Waals surface area contributed by atoms with E-state index < -0.39 is 11.6 Å². The topological polar surface area (TPSA) is 59.1 Å². The van der Waals surface area contributed by atoms with Crippen LogP contribution in [0.5, 0.6) is 5.75 Å². The maximum Gasteiger partial charge on any atom is 0.173 e. The molecule has 0 bridgehead atoms. The third-order valence-electron chi connectivity index (χ3n) is 2.93. The van der Waals surface area contributed by atoms with Crippen LogP contribution in [0.25, 0.3) is 0 Å². The Bertz CT molecular complexity index is 717. The number of ether oxygens (including phenoxy) is 1. The van der Waals surface area contributed by atoms with E-state index >= 15 is 0 Å². The molecule has 1 heterocycles. The van der Waals surface area contributed by atoms with Crippen molar-refractivity contribution in [3.63, 3.8) is 0 Å². The van der Waals surface area contributed by atoms with E-state index in [2.05, 4.69) is 20.8 Å². The molecule has 2 N–H and O–H groups in total. The van der Waals surface area contributed by atoms with E-state index in [9.17, 15) is 8.78 Å². The van der Waals surface area contributed by atoms with E-state index in [0.717, 1.165) is 6.07 Å². The summed E-state index contributed by atoms with van der Waals surface area (Å²) in [7, 11) is 1.32. The van der Waals surface area contributed by atoms with Gasteiger partial charge in [0.1, 0.15) is 5.82 Å². The zero-order chi connectivity index (χ0) is 16.8. The van der Waals surface area contributed by atoms with Crippen molar-refractivity contribution in [2.45, 2.75) is 6.42 Å². The molecular formula is C14H13ClF2N4OS. The van der Waals surface area contributed by atoms with Crippen LogP contribution in [0.3, 0.4) is 0 Å². The smallest absolute Gasteiger partial charge is 0.173 e. The van der Waals surface area contributed by atoms with Crippen molar-refractivity contribution in [1.29, 1.82) is 0 Å². The fourth-order valence-corrected chi connectivity index (χ4v) is 2.16. The van der Waals surface area contributed by atoms with Crippen LogP contribution in [0, 0.1) is 11.6 Å². The van der Waals surface area contributed by atoms with Crippen LogP contribution in [0.4, 0.5) is 14.6 Å². The minimum atomic E-state index is -0.717. The minimum Gasteiger partial charge on any atom is -0.494 e. The van der Waals surface area contributed by atoms with Crippen molar-refractivity contribution >= 4 is 34.7 Å². The molecule has 0 radical (unpaired) electrons. The second kappa shape index (κ2) is 7.98. The molecule has 9 heteroatoms. The molecule has 0 aliphatic carbocycles. The summed E-state index contributed by atoms with van der Waals surface area (Å²) in [5.74, 6) is -1.06. The first-order valence-corrected chi connectivity index (χ1v) is 7.34. The molecule has 122 valence electrons.